The van der Waals surface area contributed by atoms with Gasteiger partial charge in [-0.2, -0.15) is 0 Å². The molecule has 1 atom stereocenters. The van der Waals surface area contributed by atoms with Gasteiger partial charge in [-0.3, -0.25) is 4.79 Å². The summed E-state index contributed by atoms with van der Waals surface area (Å²) in [5.74, 6) is 0.464. The molecule has 2 aromatic rings. The molecular formula is C12H15N5O2. The van der Waals surface area contributed by atoms with Crippen molar-refractivity contribution in [3.8, 4) is 0 Å². The molecule has 0 unspecified atom stereocenters. The summed E-state index contributed by atoms with van der Waals surface area (Å²) in [5.41, 5.74) is 0.324. The SMILES string of the molecule is C[C@H](NC(=O)c1cn(C2CNC2)nn1)c1ccco1. The molecule has 1 saturated heterocycles. The number of nitrogens with one attached hydrogen (secondary N) is 2. The predicted octanol–water partition coefficient (Wildman–Crippen LogP) is 0.506. The van der Waals surface area contributed by atoms with Crippen LogP contribution in [0.25, 0.3) is 0 Å². The first-order chi connectivity index (χ1) is 9.24. The van der Waals surface area contributed by atoms with Crippen molar-refractivity contribution in [1.82, 2.24) is 25.6 Å². The Morgan fingerprint density at radius 2 is 2.47 bits per heavy atom. The van der Waals surface area contributed by atoms with Crippen molar-refractivity contribution < 1.29 is 9.21 Å². The molecule has 1 aliphatic rings. The third kappa shape index (κ3) is 2.37. The van der Waals surface area contributed by atoms with Crippen LogP contribution in [0, 0.1) is 0 Å². The summed E-state index contributed by atoms with van der Waals surface area (Å²) >= 11 is 0. The van der Waals surface area contributed by atoms with Gasteiger partial charge in [-0.15, -0.1) is 5.10 Å². The summed E-state index contributed by atoms with van der Waals surface area (Å²) < 4.78 is 6.96. The number of hydrogen-bond donors (Lipinski definition) is 2. The lowest BCUT2D eigenvalue weighted by molar-refractivity contribution is 0.0930. The van der Waals surface area contributed by atoms with Crippen LogP contribution >= 0.6 is 0 Å². The Hall–Kier alpha value is -2.15. The molecule has 1 amide bonds. The summed E-state index contributed by atoms with van der Waals surface area (Å²) in [4.78, 5) is 12.0. The Kier molecular flexibility index (Phi) is 3.04. The van der Waals surface area contributed by atoms with Crippen molar-refractivity contribution in [2.75, 3.05) is 13.1 Å². The van der Waals surface area contributed by atoms with E-state index in [-0.39, 0.29) is 11.9 Å². The van der Waals surface area contributed by atoms with Crippen molar-refractivity contribution in [1.29, 1.82) is 0 Å². The topological polar surface area (TPSA) is 85.0 Å². The van der Waals surface area contributed by atoms with Crippen molar-refractivity contribution in [2.24, 2.45) is 0 Å². The third-order valence-electron chi connectivity index (χ3n) is 3.19. The number of hydrogen-bond acceptors (Lipinski definition) is 5. The average Bonchev–Trinajstić information content (AvgIpc) is 2.97. The minimum absolute atomic E-state index is 0.196. The number of nitrogens with zero attached hydrogens (tertiary/aromatic N) is 3. The van der Waals surface area contributed by atoms with Gasteiger partial charge >= 0.3 is 0 Å². The van der Waals surface area contributed by atoms with Gasteiger partial charge in [0.1, 0.15) is 5.76 Å². The molecule has 3 rings (SSSR count). The number of rotatable bonds is 4. The Morgan fingerprint density at radius 1 is 1.63 bits per heavy atom. The predicted molar refractivity (Wildman–Crippen MR) is 66.5 cm³/mol. The molecule has 2 aromatic heterocycles. The average molecular weight is 261 g/mol. The summed E-state index contributed by atoms with van der Waals surface area (Å²) in [6, 6.07) is 3.72. The molecule has 0 aliphatic carbocycles. The maximum Gasteiger partial charge on any atom is 0.274 e. The second kappa shape index (κ2) is 4.85. The highest BCUT2D eigenvalue weighted by Crippen LogP contribution is 2.14. The summed E-state index contributed by atoms with van der Waals surface area (Å²) in [5, 5.41) is 13.8. The number of furan rings is 1. The van der Waals surface area contributed by atoms with Gasteiger partial charge in [-0.05, 0) is 19.1 Å². The van der Waals surface area contributed by atoms with E-state index < -0.39 is 0 Å². The fourth-order valence-corrected chi connectivity index (χ4v) is 1.90. The first-order valence-electron chi connectivity index (χ1n) is 6.21. The number of carbonyl (C=O) groups excluding carboxylic acids is 1. The van der Waals surface area contributed by atoms with Gasteiger partial charge in [0.25, 0.3) is 5.91 Å². The highest BCUT2D eigenvalue weighted by molar-refractivity contribution is 5.92. The Bertz CT molecular complexity index is 558. The van der Waals surface area contributed by atoms with Gasteiger partial charge in [0.15, 0.2) is 5.69 Å². The van der Waals surface area contributed by atoms with E-state index in [1.54, 1.807) is 23.2 Å². The highest BCUT2D eigenvalue weighted by Gasteiger charge is 2.22. The molecule has 1 fully saturated rings. The second-order valence-corrected chi connectivity index (χ2v) is 4.61. The molecule has 0 bridgehead atoms. The fraction of sp³-hybridized carbons (Fsp3) is 0.417. The fourth-order valence-electron chi connectivity index (χ4n) is 1.90. The van der Waals surface area contributed by atoms with Crippen molar-refractivity contribution in [3.63, 3.8) is 0 Å². The van der Waals surface area contributed by atoms with Crippen LogP contribution in [0.5, 0.6) is 0 Å². The van der Waals surface area contributed by atoms with Crippen LogP contribution in [0.4, 0.5) is 0 Å². The molecule has 0 aromatic carbocycles. The first kappa shape index (κ1) is 11.9. The second-order valence-electron chi connectivity index (χ2n) is 4.61. The minimum atomic E-state index is -0.248. The molecule has 3 heterocycles. The molecule has 7 heteroatoms. The lowest BCUT2D eigenvalue weighted by Gasteiger charge is -2.26. The molecule has 100 valence electrons. The lowest BCUT2D eigenvalue weighted by Crippen LogP contribution is -2.43. The zero-order valence-electron chi connectivity index (χ0n) is 10.5. The van der Waals surface area contributed by atoms with Crippen molar-refractivity contribution in [2.45, 2.75) is 19.0 Å². The van der Waals surface area contributed by atoms with Crippen LogP contribution < -0.4 is 10.6 Å². The van der Waals surface area contributed by atoms with E-state index in [0.29, 0.717) is 17.5 Å². The van der Waals surface area contributed by atoms with E-state index in [2.05, 4.69) is 20.9 Å². The largest absolute Gasteiger partial charge is 0.467 e. The van der Waals surface area contributed by atoms with E-state index in [0.717, 1.165) is 13.1 Å². The standard InChI is InChI=1S/C12H15N5O2/c1-8(11-3-2-4-19-11)14-12(18)10-7-17(16-15-10)9-5-13-6-9/h2-4,7-9,13H,5-6H2,1H3,(H,14,18)/t8-/m0/s1. The third-order valence-corrected chi connectivity index (χ3v) is 3.19. The first-order valence-corrected chi connectivity index (χ1v) is 6.21. The number of amides is 1. The van der Waals surface area contributed by atoms with Crippen LogP contribution in [0.3, 0.4) is 0 Å². The highest BCUT2D eigenvalue weighted by atomic mass is 16.3. The maximum atomic E-state index is 12.0. The number of carbonyl (C=O) groups is 1. The van der Waals surface area contributed by atoms with Crippen LogP contribution in [-0.2, 0) is 0 Å². The molecule has 7 nitrogen and oxygen atoms in total. The molecule has 0 saturated carbocycles. The Morgan fingerprint density at radius 3 is 3.11 bits per heavy atom. The zero-order chi connectivity index (χ0) is 13.2. The van der Waals surface area contributed by atoms with Crippen LogP contribution in [-0.4, -0.2) is 34.0 Å². The number of aromatic nitrogens is 3. The van der Waals surface area contributed by atoms with E-state index in [1.807, 2.05) is 13.0 Å². The summed E-state index contributed by atoms with van der Waals surface area (Å²) in [6.45, 7) is 3.59. The Labute approximate surface area is 110 Å². The molecule has 2 N–H and O–H groups in total. The quantitative estimate of drug-likeness (QED) is 0.837. The molecule has 0 radical (unpaired) electrons. The lowest BCUT2D eigenvalue weighted by atomic mass is 10.2. The van der Waals surface area contributed by atoms with E-state index >= 15 is 0 Å². The minimum Gasteiger partial charge on any atom is -0.467 e. The van der Waals surface area contributed by atoms with Gasteiger partial charge in [-0.1, -0.05) is 5.21 Å². The van der Waals surface area contributed by atoms with E-state index in [4.69, 9.17) is 4.42 Å². The monoisotopic (exact) mass is 261 g/mol. The van der Waals surface area contributed by atoms with Crippen LogP contribution in [0.2, 0.25) is 0 Å². The molecule has 0 spiro atoms. The van der Waals surface area contributed by atoms with E-state index in [9.17, 15) is 4.79 Å². The summed E-state index contributed by atoms with van der Waals surface area (Å²) in [7, 11) is 0. The van der Waals surface area contributed by atoms with Crippen LogP contribution in [0.1, 0.15) is 35.3 Å². The van der Waals surface area contributed by atoms with Gasteiger partial charge in [0.05, 0.1) is 24.5 Å². The van der Waals surface area contributed by atoms with Crippen molar-refractivity contribution in [3.05, 3.63) is 36.0 Å². The molecule has 19 heavy (non-hydrogen) atoms. The maximum absolute atomic E-state index is 12.0. The van der Waals surface area contributed by atoms with Gasteiger partial charge < -0.3 is 15.1 Å². The van der Waals surface area contributed by atoms with Gasteiger partial charge in [-0.25, -0.2) is 4.68 Å². The Balaban J connectivity index is 1.65. The summed E-state index contributed by atoms with van der Waals surface area (Å²) in [6.07, 6.45) is 3.26. The van der Waals surface area contributed by atoms with Gasteiger partial charge in [0, 0.05) is 13.1 Å². The van der Waals surface area contributed by atoms with Crippen LogP contribution in [0.15, 0.2) is 29.0 Å². The molecular weight excluding hydrogens is 246 g/mol. The normalized spacial score (nSPS) is 16.9. The van der Waals surface area contributed by atoms with E-state index in [1.165, 1.54) is 0 Å². The zero-order valence-corrected chi connectivity index (χ0v) is 10.5. The van der Waals surface area contributed by atoms with Crippen molar-refractivity contribution >= 4 is 5.91 Å². The smallest absolute Gasteiger partial charge is 0.274 e. The van der Waals surface area contributed by atoms with Gasteiger partial charge in [0.2, 0.25) is 0 Å². The molecule has 1 aliphatic heterocycles.